The molecule has 1 aliphatic heterocycles. The molecule has 0 spiro atoms. The summed E-state index contributed by atoms with van der Waals surface area (Å²) in [4.78, 5) is 14.5. The van der Waals surface area contributed by atoms with Gasteiger partial charge in [-0.25, -0.2) is 0 Å². The number of aromatic hydroxyl groups is 1. The highest BCUT2D eigenvalue weighted by atomic mass is 16.5. The van der Waals surface area contributed by atoms with E-state index < -0.39 is 0 Å². The Bertz CT molecular complexity index is 517. The number of benzene rings is 1. The van der Waals surface area contributed by atoms with Crippen LogP contribution in [0.2, 0.25) is 0 Å². The van der Waals surface area contributed by atoms with Gasteiger partial charge in [0.1, 0.15) is 11.5 Å². The first-order valence-electron chi connectivity index (χ1n) is 7.00. The van der Waals surface area contributed by atoms with Gasteiger partial charge in [-0.3, -0.25) is 4.79 Å². The number of fused-ring (bicyclic) bond motifs is 1. The third-order valence-corrected chi connectivity index (χ3v) is 4.18. The third kappa shape index (κ3) is 2.22. The van der Waals surface area contributed by atoms with Crippen molar-refractivity contribution in [1.82, 2.24) is 4.90 Å². The second-order valence-corrected chi connectivity index (χ2v) is 5.29. The number of methoxy groups -OCH3 is 1. The minimum absolute atomic E-state index is 0.0320. The maximum Gasteiger partial charge on any atom is 0.258 e. The molecule has 2 unspecified atom stereocenters. The van der Waals surface area contributed by atoms with E-state index in [1.165, 1.54) is 13.2 Å². The maximum atomic E-state index is 12.6. The van der Waals surface area contributed by atoms with Gasteiger partial charge in [0.2, 0.25) is 0 Å². The molecule has 1 amide bonds. The Labute approximate surface area is 118 Å². The summed E-state index contributed by atoms with van der Waals surface area (Å²) in [5, 5.41) is 10.0. The quantitative estimate of drug-likeness (QED) is 0.895. The first kappa shape index (κ1) is 13.2. The second-order valence-electron chi connectivity index (χ2n) is 5.29. The molecular formula is C15H19NO4. The zero-order valence-electron chi connectivity index (χ0n) is 11.5. The van der Waals surface area contributed by atoms with Crippen molar-refractivity contribution in [3.8, 4) is 11.5 Å². The molecule has 1 saturated carbocycles. The Morgan fingerprint density at radius 3 is 3.05 bits per heavy atom. The Kier molecular flexibility index (Phi) is 3.53. The molecule has 108 valence electrons. The minimum Gasteiger partial charge on any atom is -0.507 e. The predicted octanol–water partition coefficient (Wildman–Crippen LogP) is 1.79. The lowest BCUT2D eigenvalue weighted by Crippen LogP contribution is -2.51. The summed E-state index contributed by atoms with van der Waals surface area (Å²) in [6.07, 6.45) is 3.25. The van der Waals surface area contributed by atoms with Gasteiger partial charge < -0.3 is 19.5 Å². The Hall–Kier alpha value is -1.75. The molecule has 1 heterocycles. The second kappa shape index (κ2) is 5.32. The fourth-order valence-corrected chi connectivity index (χ4v) is 3.15. The largest absolute Gasteiger partial charge is 0.507 e. The van der Waals surface area contributed by atoms with Crippen molar-refractivity contribution in [1.29, 1.82) is 0 Å². The number of rotatable bonds is 2. The summed E-state index contributed by atoms with van der Waals surface area (Å²) in [5.41, 5.74) is 0.332. The average Bonchev–Trinajstić information content (AvgIpc) is 2.94. The highest BCUT2D eigenvalue weighted by molar-refractivity contribution is 5.97. The van der Waals surface area contributed by atoms with Crippen LogP contribution in [0.3, 0.4) is 0 Å². The number of ether oxygens (including phenoxy) is 2. The lowest BCUT2D eigenvalue weighted by atomic mass is 10.1. The number of morpholine rings is 1. The molecule has 2 aliphatic rings. The van der Waals surface area contributed by atoms with E-state index in [9.17, 15) is 9.90 Å². The molecule has 0 bridgehead atoms. The molecule has 1 N–H and O–H groups in total. The van der Waals surface area contributed by atoms with Gasteiger partial charge in [-0.2, -0.15) is 0 Å². The predicted molar refractivity (Wildman–Crippen MR) is 73.1 cm³/mol. The smallest absolute Gasteiger partial charge is 0.258 e. The van der Waals surface area contributed by atoms with Crippen molar-refractivity contribution >= 4 is 5.91 Å². The molecule has 0 aromatic heterocycles. The molecule has 3 rings (SSSR count). The molecule has 1 aromatic rings. The number of phenolic OH excluding ortho intramolecular Hbond substituents is 1. The van der Waals surface area contributed by atoms with E-state index in [4.69, 9.17) is 9.47 Å². The fraction of sp³-hybridized carbons (Fsp3) is 0.533. The van der Waals surface area contributed by atoms with Gasteiger partial charge in [0.05, 0.1) is 31.4 Å². The highest BCUT2D eigenvalue weighted by Gasteiger charge is 2.39. The third-order valence-electron chi connectivity index (χ3n) is 4.18. The first-order chi connectivity index (χ1) is 9.70. The Morgan fingerprint density at radius 2 is 2.30 bits per heavy atom. The summed E-state index contributed by atoms with van der Waals surface area (Å²) >= 11 is 0. The lowest BCUT2D eigenvalue weighted by Gasteiger charge is -2.37. The summed E-state index contributed by atoms with van der Waals surface area (Å²) < 4.78 is 10.7. The molecule has 1 aliphatic carbocycles. The summed E-state index contributed by atoms with van der Waals surface area (Å²) in [6.45, 7) is 1.16. The Morgan fingerprint density at radius 1 is 1.45 bits per heavy atom. The van der Waals surface area contributed by atoms with Crippen LogP contribution >= 0.6 is 0 Å². The zero-order chi connectivity index (χ0) is 14.1. The number of nitrogens with zero attached hydrogens (tertiary/aromatic N) is 1. The number of hydrogen-bond acceptors (Lipinski definition) is 4. The number of phenols is 1. The van der Waals surface area contributed by atoms with Crippen LogP contribution in [0.25, 0.3) is 0 Å². The molecule has 2 atom stereocenters. The number of amides is 1. The van der Waals surface area contributed by atoms with Crippen LogP contribution in [0.5, 0.6) is 11.5 Å². The normalized spacial score (nSPS) is 25.4. The summed E-state index contributed by atoms with van der Waals surface area (Å²) in [5.74, 6) is 0.389. The minimum atomic E-state index is -0.120. The van der Waals surface area contributed by atoms with Crippen molar-refractivity contribution in [2.45, 2.75) is 31.4 Å². The fourth-order valence-electron chi connectivity index (χ4n) is 3.15. The van der Waals surface area contributed by atoms with Crippen LogP contribution in [0, 0.1) is 0 Å². The zero-order valence-corrected chi connectivity index (χ0v) is 11.5. The van der Waals surface area contributed by atoms with E-state index >= 15 is 0 Å². The molecule has 0 radical (unpaired) electrons. The molecule has 5 nitrogen and oxygen atoms in total. The van der Waals surface area contributed by atoms with Crippen LogP contribution in [-0.4, -0.2) is 48.3 Å². The van der Waals surface area contributed by atoms with E-state index in [1.54, 1.807) is 12.1 Å². The van der Waals surface area contributed by atoms with Crippen molar-refractivity contribution in [2.75, 3.05) is 20.3 Å². The highest BCUT2D eigenvalue weighted by Crippen LogP contribution is 2.32. The van der Waals surface area contributed by atoms with Gasteiger partial charge >= 0.3 is 0 Å². The molecule has 1 saturated heterocycles. The van der Waals surface area contributed by atoms with Crippen LogP contribution in [0.4, 0.5) is 0 Å². The van der Waals surface area contributed by atoms with Crippen LogP contribution in [0.1, 0.15) is 29.6 Å². The van der Waals surface area contributed by atoms with Crippen molar-refractivity contribution in [3.05, 3.63) is 23.8 Å². The van der Waals surface area contributed by atoms with Gasteiger partial charge in [-0.05, 0) is 31.4 Å². The first-order valence-corrected chi connectivity index (χ1v) is 7.00. The number of carbonyl (C=O) groups is 1. The van der Waals surface area contributed by atoms with Crippen molar-refractivity contribution in [2.24, 2.45) is 0 Å². The number of hydrogen-bond donors (Lipinski definition) is 1. The molecule has 20 heavy (non-hydrogen) atoms. The van der Waals surface area contributed by atoms with Gasteiger partial charge in [0.25, 0.3) is 5.91 Å². The van der Waals surface area contributed by atoms with Gasteiger partial charge in [-0.1, -0.05) is 0 Å². The topological polar surface area (TPSA) is 59.0 Å². The maximum absolute atomic E-state index is 12.6. The van der Waals surface area contributed by atoms with E-state index in [0.29, 0.717) is 24.5 Å². The molecule has 2 fully saturated rings. The van der Waals surface area contributed by atoms with E-state index in [-0.39, 0.29) is 23.8 Å². The van der Waals surface area contributed by atoms with Crippen LogP contribution in [-0.2, 0) is 4.74 Å². The van der Waals surface area contributed by atoms with E-state index in [1.807, 2.05) is 4.90 Å². The standard InChI is InChI=1S/C15H19NO4/c1-19-10-5-6-11(13(17)9-10)15(18)16-7-8-20-14-4-2-3-12(14)16/h5-6,9,12,14,17H,2-4,7-8H2,1H3. The molecule has 1 aromatic carbocycles. The van der Waals surface area contributed by atoms with Crippen LogP contribution < -0.4 is 4.74 Å². The number of carbonyl (C=O) groups excluding carboxylic acids is 1. The van der Waals surface area contributed by atoms with Gasteiger partial charge in [0.15, 0.2) is 0 Å². The van der Waals surface area contributed by atoms with Crippen LogP contribution in [0.15, 0.2) is 18.2 Å². The SMILES string of the molecule is COc1ccc(C(=O)N2CCOC3CCCC32)c(O)c1. The Balaban J connectivity index is 1.84. The van der Waals surface area contributed by atoms with E-state index in [2.05, 4.69) is 0 Å². The van der Waals surface area contributed by atoms with Crippen molar-refractivity contribution in [3.63, 3.8) is 0 Å². The lowest BCUT2D eigenvalue weighted by molar-refractivity contribution is -0.0446. The monoisotopic (exact) mass is 277 g/mol. The van der Waals surface area contributed by atoms with E-state index in [0.717, 1.165) is 19.3 Å². The summed E-state index contributed by atoms with van der Waals surface area (Å²) in [6, 6.07) is 4.94. The molecular weight excluding hydrogens is 258 g/mol. The molecule has 5 heteroatoms. The van der Waals surface area contributed by atoms with Gasteiger partial charge in [-0.15, -0.1) is 0 Å². The van der Waals surface area contributed by atoms with Gasteiger partial charge in [0, 0.05) is 12.6 Å². The van der Waals surface area contributed by atoms with Crippen molar-refractivity contribution < 1.29 is 19.4 Å². The average molecular weight is 277 g/mol. The summed E-state index contributed by atoms with van der Waals surface area (Å²) in [7, 11) is 1.53.